The van der Waals surface area contributed by atoms with Gasteiger partial charge in [-0.05, 0) is 25.0 Å². The molecule has 14 nitrogen and oxygen atoms in total. The number of aromatic nitrogens is 1. The van der Waals surface area contributed by atoms with E-state index in [1.54, 1.807) is 0 Å². The van der Waals surface area contributed by atoms with E-state index in [-0.39, 0.29) is 30.8 Å². The van der Waals surface area contributed by atoms with Crippen LogP contribution in [0.4, 0.5) is 10.5 Å². The minimum absolute atomic E-state index is 0.00556. The lowest BCUT2D eigenvalue weighted by molar-refractivity contribution is -0.384. The third-order valence-electron chi connectivity index (χ3n) is 4.43. The van der Waals surface area contributed by atoms with Gasteiger partial charge in [-0.1, -0.05) is 0 Å². The Hall–Kier alpha value is -4.49. The Kier molecular flexibility index (Phi) is 8.42. The molecule has 2 aromatic rings. The highest BCUT2D eigenvalue weighted by Gasteiger charge is 2.25. The quantitative estimate of drug-likeness (QED) is 0.222. The number of amides is 2. The summed E-state index contributed by atoms with van der Waals surface area (Å²) in [5.41, 5.74) is 0.827. The minimum atomic E-state index is -1.51. The van der Waals surface area contributed by atoms with Crippen LogP contribution in [0.1, 0.15) is 25.2 Å². The van der Waals surface area contributed by atoms with Crippen LogP contribution in [0.25, 0.3) is 11.3 Å². The summed E-state index contributed by atoms with van der Waals surface area (Å²) in [5, 5.41) is 41.9. The molecule has 0 saturated heterocycles. The monoisotopic (exact) mass is 464 g/mol. The fourth-order valence-electron chi connectivity index (χ4n) is 2.72. The lowest BCUT2D eigenvalue weighted by atomic mass is 10.1. The second-order valence-corrected chi connectivity index (χ2v) is 6.80. The smallest absolute Gasteiger partial charge is 0.326 e. The van der Waals surface area contributed by atoms with Crippen molar-refractivity contribution in [3.05, 3.63) is 46.5 Å². The molecule has 2 atom stereocenters. The van der Waals surface area contributed by atoms with E-state index in [0.29, 0.717) is 11.3 Å². The van der Waals surface area contributed by atoms with Gasteiger partial charge in [0.15, 0.2) is 5.89 Å². The number of nitro benzene ring substituents is 1. The number of carbonyl (C=O) groups excluding carboxylic acids is 1. The first-order valence-electron chi connectivity index (χ1n) is 9.50. The van der Waals surface area contributed by atoms with Crippen LogP contribution in [-0.2, 0) is 20.8 Å². The van der Waals surface area contributed by atoms with Crippen molar-refractivity contribution in [2.75, 3.05) is 0 Å². The molecule has 0 spiro atoms. The lowest BCUT2D eigenvalue weighted by Gasteiger charge is -2.17. The zero-order chi connectivity index (χ0) is 24.5. The number of non-ortho nitro benzene ring substituents is 1. The number of nitro groups is 1. The first kappa shape index (κ1) is 24.8. The van der Waals surface area contributed by atoms with Gasteiger partial charge in [-0.2, -0.15) is 0 Å². The number of nitrogens with zero attached hydrogens (tertiary/aromatic N) is 2. The molecular weight excluding hydrogens is 444 g/mol. The number of urea groups is 1. The summed E-state index contributed by atoms with van der Waals surface area (Å²) in [5.74, 6) is -3.94. The molecule has 1 heterocycles. The van der Waals surface area contributed by atoms with Gasteiger partial charge < -0.3 is 30.4 Å². The Balaban J connectivity index is 1.95. The number of carboxylic acids is 3. The number of benzene rings is 1. The second-order valence-electron chi connectivity index (χ2n) is 6.80. The molecule has 33 heavy (non-hydrogen) atoms. The zero-order valence-electron chi connectivity index (χ0n) is 17.0. The van der Waals surface area contributed by atoms with Gasteiger partial charge in [0.25, 0.3) is 5.69 Å². The molecule has 0 saturated carbocycles. The first-order valence-corrected chi connectivity index (χ1v) is 9.50. The van der Waals surface area contributed by atoms with Crippen molar-refractivity contribution in [3.8, 4) is 11.3 Å². The zero-order valence-corrected chi connectivity index (χ0v) is 17.0. The largest absolute Gasteiger partial charge is 0.481 e. The Labute approximate surface area is 185 Å². The van der Waals surface area contributed by atoms with E-state index in [0.717, 1.165) is 0 Å². The van der Waals surface area contributed by atoms with Crippen molar-refractivity contribution >= 4 is 29.6 Å². The van der Waals surface area contributed by atoms with Crippen LogP contribution in [0.15, 0.2) is 34.9 Å². The predicted molar refractivity (Wildman–Crippen MR) is 108 cm³/mol. The van der Waals surface area contributed by atoms with Crippen molar-refractivity contribution in [2.45, 2.75) is 37.8 Å². The second kappa shape index (κ2) is 11.2. The summed E-state index contributed by atoms with van der Waals surface area (Å²) in [6, 6.07) is 1.56. The number of aryl methyl sites for hydroxylation is 1. The van der Waals surface area contributed by atoms with E-state index in [4.69, 9.17) is 14.6 Å². The normalized spacial score (nSPS) is 12.4. The molecule has 0 radical (unpaired) electrons. The number of oxazole rings is 1. The van der Waals surface area contributed by atoms with Gasteiger partial charge in [0, 0.05) is 30.5 Å². The van der Waals surface area contributed by atoms with Crippen LogP contribution in [0, 0.1) is 10.1 Å². The molecule has 176 valence electrons. The average molecular weight is 464 g/mol. The molecule has 1 aromatic carbocycles. The molecule has 14 heteroatoms. The fraction of sp³-hybridized carbons (Fsp3) is 0.316. The number of aliphatic carboxylic acids is 3. The summed E-state index contributed by atoms with van der Waals surface area (Å²) in [6.45, 7) is 0. The van der Waals surface area contributed by atoms with E-state index < -0.39 is 47.4 Å². The van der Waals surface area contributed by atoms with Crippen LogP contribution >= 0.6 is 0 Å². The van der Waals surface area contributed by atoms with E-state index in [9.17, 15) is 34.4 Å². The lowest BCUT2D eigenvalue weighted by Crippen LogP contribution is -2.51. The predicted octanol–water partition coefficient (Wildman–Crippen LogP) is 1.25. The molecule has 0 fully saturated rings. The number of hydrogen-bond acceptors (Lipinski definition) is 8. The molecule has 0 unspecified atom stereocenters. The van der Waals surface area contributed by atoms with Crippen molar-refractivity contribution in [2.24, 2.45) is 0 Å². The van der Waals surface area contributed by atoms with Crippen LogP contribution in [-0.4, -0.2) is 61.2 Å². The maximum absolute atomic E-state index is 12.0. The van der Waals surface area contributed by atoms with E-state index >= 15 is 0 Å². The third-order valence-corrected chi connectivity index (χ3v) is 4.43. The fourth-order valence-corrected chi connectivity index (χ4v) is 2.72. The minimum Gasteiger partial charge on any atom is -0.481 e. The molecule has 0 aliphatic heterocycles. The highest BCUT2D eigenvalue weighted by molar-refractivity contribution is 5.86. The number of rotatable bonds is 12. The van der Waals surface area contributed by atoms with E-state index in [1.807, 2.05) is 5.32 Å². The molecular formula is C19H20N4O10. The Morgan fingerprint density at radius 1 is 1.00 bits per heavy atom. The summed E-state index contributed by atoms with van der Waals surface area (Å²) in [4.78, 5) is 59.6. The summed E-state index contributed by atoms with van der Waals surface area (Å²) in [7, 11) is 0. The summed E-state index contributed by atoms with van der Waals surface area (Å²) < 4.78 is 5.28. The van der Waals surface area contributed by atoms with Gasteiger partial charge in [0.1, 0.15) is 24.0 Å². The molecule has 1 aromatic heterocycles. The van der Waals surface area contributed by atoms with Gasteiger partial charge in [-0.15, -0.1) is 0 Å². The molecule has 2 rings (SSSR count). The van der Waals surface area contributed by atoms with Crippen LogP contribution in [0.5, 0.6) is 0 Å². The number of hydrogen-bond donors (Lipinski definition) is 5. The maximum Gasteiger partial charge on any atom is 0.326 e. The Morgan fingerprint density at radius 2 is 1.58 bits per heavy atom. The average Bonchev–Trinajstić information content (AvgIpc) is 3.22. The van der Waals surface area contributed by atoms with E-state index in [2.05, 4.69) is 10.3 Å². The van der Waals surface area contributed by atoms with Gasteiger partial charge in [-0.3, -0.25) is 14.9 Å². The SMILES string of the molecule is O=C(O)CC[C@H](NC(=O)N[C@@H](CCc1nc(-c2ccc([N+](=O)[O-])cc2)co1)C(=O)O)C(=O)O. The van der Waals surface area contributed by atoms with Gasteiger partial charge in [-0.25, -0.2) is 19.4 Å². The highest BCUT2D eigenvalue weighted by atomic mass is 16.6. The third kappa shape index (κ3) is 7.61. The Morgan fingerprint density at radius 3 is 2.09 bits per heavy atom. The van der Waals surface area contributed by atoms with Crippen LogP contribution in [0.3, 0.4) is 0 Å². The van der Waals surface area contributed by atoms with Crippen LogP contribution in [0.2, 0.25) is 0 Å². The first-order chi connectivity index (χ1) is 15.6. The van der Waals surface area contributed by atoms with Crippen molar-refractivity contribution in [1.82, 2.24) is 15.6 Å². The van der Waals surface area contributed by atoms with Crippen molar-refractivity contribution in [1.29, 1.82) is 0 Å². The molecule has 2 amide bonds. The molecule has 5 N–H and O–H groups in total. The maximum atomic E-state index is 12.0. The van der Waals surface area contributed by atoms with E-state index in [1.165, 1.54) is 30.5 Å². The summed E-state index contributed by atoms with van der Waals surface area (Å²) in [6.07, 6.45) is 0.284. The number of carboxylic acid groups (broad SMARTS) is 3. The van der Waals surface area contributed by atoms with Crippen molar-refractivity contribution < 1.29 is 43.8 Å². The van der Waals surface area contributed by atoms with Crippen molar-refractivity contribution in [3.63, 3.8) is 0 Å². The molecule has 0 aliphatic rings. The Bertz CT molecular complexity index is 1030. The molecule has 0 bridgehead atoms. The molecule has 0 aliphatic carbocycles. The van der Waals surface area contributed by atoms with Crippen LogP contribution < -0.4 is 10.6 Å². The topological polar surface area (TPSA) is 222 Å². The van der Waals surface area contributed by atoms with Gasteiger partial charge >= 0.3 is 23.9 Å². The van der Waals surface area contributed by atoms with Gasteiger partial charge in [0.05, 0.1) is 4.92 Å². The summed E-state index contributed by atoms with van der Waals surface area (Å²) >= 11 is 0. The highest BCUT2D eigenvalue weighted by Crippen LogP contribution is 2.22. The standard InChI is InChI=1S/C19H20N4O10/c24-16(25)8-6-13(18(28)29)22-19(30)21-12(17(26)27)5-7-15-20-14(9-33-15)10-1-3-11(4-2-10)23(31)32/h1-4,9,12-13H,5-8H2,(H,24,25)(H,26,27)(H,28,29)(H2,21,22,30)/t12-,13-/m0/s1. The number of carbonyl (C=O) groups is 4. The van der Waals surface area contributed by atoms with Gasteiger partial charge in [0.2, 0.25) is 0 Å². The number of nitrogens with one attached hydrogen (secondary N) is 2.